The molecule has 1 heterocycles. The minimum absolute atomic E-state index is 0.107. The third-order valence-electron chi connectivity index (χ3n) is 11.6. The van der Waals surface area contributed by atoms with E-state index in [9.17, 15) is 0 Å². The first-order chi connectivity index (χ1) is 25.5. The van der Waals surface area contributed by atoms with Crippen molar-refractivity contribution in [3.63, 3.8) is 0 Å². The van der Waals surface area contributed by atoms with E-state index in [0.29, 0.717) is 0 Å². The van der Waals surface area contributed by atoms with Gasteiger partial charge in [0, 0.05) is 25.6 Å². The van der Waals surface area contributed by atoms with Gasteiger partial charge in [0.1, 0.15) is 0 Å². The van der Waals surface area contributed by atoms with Crippen molar-refractivity contribution in [2.24, 2.45) is 0 Å². The third kappa shape index (κ3) is 4.21. The maximum absolute atomic E-state index is 2.41. The quantitative estimate of drug-likeness (QED) is 0.163. The second kappa shape index (κ2) is 11.0. The Hall–Kier alpha value is -6.02. The Morgan fingerprint density at radius 3 is 1.58 bits per heavy atom. The van der Waals surface area contributed by atoms with Crippen LogP contribution < -0.4 is 0 Å². The smallest absolute Gasteiger partial charge is 0.0355 e. The molecule has 52 heavy (non-hydrogen) atoms. The Kier molecular flexibility index (Phi) is 6.27. The summed E-state index contributed by atoms with van der Waals surface area (Å²) in [4.78, 5) is 0. The lowest BCUT2D eigenvalue weighted by Gasteiger charge is -2.25. The van der Waals surface area contributed by atoms with Crippen molar-refractivity contribution in [3.8, 4) is 44.5 Å². The van der Waals surface area contributed by atoms with Gasteiger partial charge in [-0.05, 0) is 118 Å². The summed E-state index contributed by atoms with van der Waals surface area (Å²) in [5, 5.41) is 10.4. The average Bonchev–Trinajstić information content (AvgIpc) is 3.67. The van der Waals surface area contributed by atoms with E-state index in [1.54, 1.807) is 0 Å². The Bertz CT molecular complexity index is 3030. The monoisotopic (exact) mass is 678 g/mol. The van der Waals surface area contributed by atoms with E-state index >= 15 is 0 Å². The Morgan fingerprint density at radius 1 is 0.365 bits per heavy atom. The van der Waals surface area contributed by atoms with Gasteiger partial charge in [0.15, 0.2) is 0 Å². The van der Waals surface area contributed by atoms with E-state index in [0.717, 1.165) is 0 Å². The first-order valence-electron chi connectivity index (χ1n) is 18.2. The van der Waals surface area contributed by atoms with Crippen LogP contribution >= 0.6 is 11.3 Å². The third-order valence-corrected chi connectivity index (χ3v) is 12.8. The fourth-order valence-electron chi connectivity index (χ4n) is 9.25. The molecule has 9 aromatic carbocycles. The number of benzene rings is 9. The standard InChI is InChI=1S/C51H34S/c1-51(2)45-30-34-13-4-3-12-33(34)28-43(45)42-20-11-19-36(50(42)51)31-22-24-32(25-23-31)48-38-15-5-7-17-40(38)49(41-18-8-6-16-39(41)48)35-26-27-47-44(29-35)37-14-9-10-21-46(37)52-47/h3-30H,1-2H3. The second-order valence-corrected chi connectivity index (χ2v) is 15.9. The molecule has 0 saturated carbocycles. The Morgan fingerprint density at radius 2 is 0.885 bits per heavy atom. The van der Waals surface area contributed by atoms with Crippen LogP contribution in [0.5, 0.6) is 0 Å². The molecule has 10 aromatic rings. The van der Waals surface area contributed by atoms with Crippen molar-refractivity contribution >= 4 is 63.8 Å². The van der Waals surface area contributed by atoms with Gasteiger partial charge < -0.3 is 0 Å². The van der Waals surface area contributed by atoms with Crippen LogP contribution in [-0.2, 0) is 5.41 Å². The minimum Gasteiger partial charge on any atom is -0.135 e. The summed E-state index contributed by atoms with van der Waals surface area (Å²) >= 11 is 1.88. The summed E-state index contributed by atoms with van der Waals surface area (Å²) in [7, 11) is 0. The molecule has 1 heteroatoms. The zero-order chi connectivity index (χ0) is 34.6. The average molecular weight is 679 g/mol. The van der Waals surface area contributed by atoms with Crippen LogP contribution in [-0.4, -0.2) is 0 Å². The highest BCUT2D eigenvalue weighted by atomic mass is 32.1. The van der Waals surface area contributed by atoms with Gasteiger partial charge >= 0.3 is 0 Å². The van der Waals surface area contributed by atoms with Crippen molar-refractivity contribution in [2.75, 3.05) is 0 Å². The molecule has 0 radical (unpaired) electrons. The predicted molar refractivity (Wildman–Crippen MR) is 226 cm³/mol. The second-order valence-electron chi connectivity index (χ2n) is 14.8. The predicted octanol–water partition coefficient (Wildman–Crippen LogP) is 14.8. The van der Waals surface area contributed by atoms with Gasteiger partial charge in [0.25, 0.3) is 0 Å². The molecule has 0 bridgehead atoms. The summed E-state index contributed by atoms with van der Waals surface area (Å²) in [6.07, 6.45) is 0. The number of hydrogen-bond acceptors (Lipinski definition) is 1. The summed E-state index contributed by atoms with van der Waals surface area (Å²) in [5.74, 6) is 0. The van der Waals surface area contributed by atoms with Crippen molar-refractivity contribution in [2.45, 2.75) is 19.3 Å². The lowest BCUT2D eigenvalue weighted by molar-refractivity contribution is 0.663. The number of rotatable bonds is 3. The zero-order valence-electron chi connectivity index (χ0n) is 29.1. The first kappa shape index (κ1) is 29.7. The SMILES string of the molecule is CC1(C)c2cc3ccccc3cc2-c2cccc(-c3ccc(-c4c5ccccc5c(-c5ccc6sc7ccccc7c6c5)c5ccccc45)cc3)c21. The lowest BCUT2D eigenvalue weighted by Crippen LogP contribution is -2.16. The summed E-state index contributed by atoms with van der Waals surface area (Å²) in [6, 6.07) is 63.6. The Balaban J connectivity index is 1.08. The molecule has 1 aliphatic carbocycles. The van der Waals surface area contributed by atoms with Crippen molar-refractivity contribution in [3.05, 3.63) is 181 Å². The fraction of sp³-hybridized carbons (Fsp3) is 0.0588. The van der Waals surface area contributed by atoms with Crippen LogP contribution in [0.3, 0.4) is 0 Å². The van der Waals surface area contributed by atoms with Crippen LogP contribution in [0.15, 0.2) is 170 Å². The molecule has 0 unspecified atom stereocenters. The lowest BCUT2D eigenvalue weighted by atomic mass is 9.78. The highest BCUT2D eigenvalue weighted by Gasteiger charge is 2.37. The molecule has 0 nitrogen and oxygen atoms in total. The van der Waals surface area contributed by atoms with Crippen LogP contribution in [0.2, 0.25) is 0 Å². The summed E-state index contributed by atoms with van der Waals surface area (Å²) in [6.45, 7) is 4.78. The maximum atomic E-state index is 2.41. The van der Waals surface area contributed by atoms with E-state index in [4.69, 9.17) is 0 Å². The molecule has 11 rings (SSSR count). The largest absolute Gasteiger partial charge is 0.135 e. The minimum atomic E-state index is -0.107. The molecular weight excluding hydrogens is 645 g/mol. The molecule has 0 aliphatic heterocycles. The molecule has 0 N–H and O–H groups in total. The highest BCUT2D eigenvalue weighted by molar-refractivity contribution is 7.25. The van der Waals surface area contributed by atoms with Gasteiger partial charge in [-0.1, -0.05) is 153 Å². The van der Waals surface area contributed by atoms with Gasteiger partial charge in [-0.2, -0.15) is 0 Å². The molecular formula is C51H34S. The Labute approximate surface area is 307 Å². The topological polar surface area (TPSA) is 0 Å². The van der Waals surface area contributed by atoms with Crippen molar-refractivity contribution in [1.82, 2.24) is 0 Å². The molecule has 0 fully saturated rings. The van der Waals surface area contributed by atoms with Crippen molar-refractivity contribution in [1.29, 1.82) is 0 Å². The molecule has 0 amide bonds. The van der Waals surface area contributed by atoms with Crippen LogP contribution in [0.4, 0.5) is 0 Å². The van der Waals surface area contributed by atoms with Gasteiger partial charge in [-0.25, -0.2) is 0 Å². The fourth-order valence-corrected chi connectivity index (χ4v) is 10.3. The number of thiophene rings is 1. The first-order valence-corrected chi connectivity index (χ1v) is 19.0. The van der Waals surface area contributed by atoms with E-state index < -0.39 is 0 Å². The van der Waals surface area contributed by atoms with E-state index in [-0.39, 0.29) is 5.41 Å². The van der Waals surface area contributed by atoms with E-state index in [1.165, 1.54) is 108 Å². The number of hydrogen-bond donors (Lipinski definition) is 0. The normalized spacial score (nSPS) is 13.3. The van der Waals surface area contributed by atoms with E-state index in [1.807, 2.05) is 11.3 Å². The number of fused-ring (bicyclic) bond motifs is 9. The molecule has 0 atom stereocenters. The van der Waals surface area contributed by atoms with Crippen LogP contribution in [0.1, 0.15) is 25.0 Å². The van der Waals surface area contributed by atoms with Gasteiger partial charge in [0.2, 0.25) is 0 Å². The molecule has 1 aliphatic rings. The summed E-state index contributed by atoms with van der Waals surface area (Å²) in [5.41, 5.74) is 13.1. The molecule has 0 saturated heterocycles. The summed E-state index contributed by atoms with van der Waals surface area (Å²) < 4.78 is 2.67. The van der Waals surface area contributed by atoms with Crippen molar-refractivity contribution < 1.29 is 0 Å². The van der Waals surface area contributed by atoms with Gasteiger partial charge in [0.05, 0.1) is 0 Å². The van der Waals surface area contributed by atoms with Crippen LogP contribution in [0, 0.1) is 0 Å². The molecule has 0 spiro atoms. The zero-order valence-corrected chi connectivity index (χ0v) is 29.9. The van der Waals surface area contributed by atoms with Gasteiger partial charge in [-0.3, -0.25) is 0 Å². The van der Waals surface area contributed by atoms with E-state index in [2.05, 4.69) is 184 Å². The van der Waals surface area contributed by atoms with Gasteiger partial charge in [-0.15, -0.1) is 11.3 Å². The maximum Gasteiger partial charge on any atom is 0.0355 e. The van der Waals surface area contributed by atoms with Crippen LogP contribution in [0.25, 0.3) is 97.0 Å². The highest BCUT2D eigenvalue weighted by Crippen LogP contribution is 2.53. The molecule has 1 aromatic heterocycles. The molecule has 244 valence electrons.